The van der Waals surface area contributed by atoms with Gasteiger partial charge in [-0.05, 0) is 142 Å². The van der Waals surface area contributed by atoms with Gasteiger partial charge in [-0.25, -0.2) is 19.6 Å². The summed E-state index contributed by atoms with van der Waals surface area (Å²) in [4.78, 5) is 62.0. The monoisotopic (exact) mass is 1680 g/mol. The summed E-state index contributed by atoms with van der Waals surface area (Å²) in [6.45, 7) is 4.41. The molecule has 3 aromatic heterocycles. The number of azo groups is 1. The van der Waals surface area contributed by atoms with Crippen LogP contribution < -0.4 is 47.4 Å². The quantitative estimate of drug-likeness (QED) is 0.0123. The normalized spacial score (nSPS) is 13.0. The topological polar surface area (TPSA) is 362 Å². The Labute approximate surface area is 682 Å². The Morgan fingerprint density at radius 3 is 1.53 bits per heavy atom. The van der Waals surface area contributed by atoms with Gasteiger partial charge in [-0.2, -0.15) is 4.68 Å². The highest BCUT2D eigenvalue weighted by molar-refractivity contribution is 8.51. The van der Waals surface area contributed by atoms with E-state index < -0.39 is 35.9 Å². The number of aromatic nitrogens is 4. The first kappa shape index (κ1) is 81.4. The second kappa shape index (κ2) is 38.4. The first-order chi connectivity index (χ1) is 54.9. The lowest BCUT2D eigenvalue weighted by atomic mass is 9.77. The third-order valence-electron chi connectivity index (χ3n) is 17.5. The van der Waals surface area contributed by atoms with Crippen molar-refractivity contribution in [1.29, 1.82) is 0 Å². The van der Waals surface area contributed by atoms with Crippen molar-refractivity contribution in [3.05, 3.63) is 241 Å². The first-order valence-electron chi connectivity index (χ1n) is 35.0. The maximum atomic E-state index is 13.6. The molecule has 0 fully saturated rings. The number of nitrogens with two attached hydrogens (primary N) is 1. The molecule has 0 atom stereocenters. The number of hydrogen-bond acceptors (Lipinski definition) is 25. The summed E-state index contributed by atoms with van der Waals surface area (Å²) in [5, 5.41) is 72.8. The fourth-order valence-corrected chi connectivity index (χ4v) is 14.3. The van der Waals surface area contributed by atoms with Crippen molar-refractivity contribution < 1.29 is 69.0 Å². The highest BCUT2D eigenvalue weighted by atomic mass is 33.2. The van der Waals surface area contributed by atoms with E-state index in [0.29, 0.717) is 182 Å². The van der Waals surface area contributed by atoms with Crippen LogP contribution in [0.25, 0.3) is 27.6 Å². The molecule has 0 saturated carbocycles. The van der Waals surface area contributed by atoms with E-state index in [1.54, 1.807) is 72.2 Å². The molecule has 11 aromatic rings. The van der Waals surface area contributed by atoms with Gasteiger partial charge in [0.25, 0.3) is 5.91 Å². The number of thiazole rings is 2. The minimum Gasteiger partial charge on any atom is -0.508 e. The predicted molar refractivity (Wildman–Crippen MR) is 448 cm³/mol. The van der Waals surface area contributed by atoms with Gasteiger partial charge in [-0.3, -0.25) is 19.1 Å². The number of nitrogens with one attached hydrogen (secondary N) is 6. The van der Waals surface area contributed by atoms with Crippen molar-refractivity contribution in [1.82, 2.24) is 35.7 Å². The number of benzene rings is 8. The number of carbonyl (C=O) groups excluding carboxylic acids is 3. The summed E-state index contributed by atoms with van der Waals surface area (Å²) in [7, 11) is 1.34. The summed E-state index contributed by atoms with van der Waals surface area (Å²) in [5.74, 6) is -0.0246. The van der Waals surface area contributed by atoms with E-state index >= 15 is 0 Å². The van der Waals surface area contributed by atoms with Gasteiger partial charge in [0.2, 0.25) is 10.3 Å². The minimum atomic E-state index is -1.35. The molecule has 35 heteroatoms. The van der Waals surface area contributed by atoms with Gasteiger partial charge >= 0.3 is 17.5 Å². The van der Waals surface area contributed by atoms with Crippen LogP contribution in [-0.4, -0.2) is 128 Å². The summed E-state index contributed by atoms with van der Waals surface area (Å²) in [5.41, 5.74) is 11.1. The Morgan fingerprint density at radius 1 is 0.619 bits per heavy atom. The van der Waals surface area contributed by atoms with E-state index in [0.717, 1.165) is 24.0 Å². The number of aromatic hydroxyl groups is 4. The van der Waals surface area contributed by atoms with Crippen LogP contribution in [0.15, 0.2) is 196 Å². The van der Waals surface area contributed by atoms with Crippen LogP contribution in [-0.2, 0) is 70.3 Å². The van der Waals surface area contributed by atoms with Gasteiger partial charge < -0.3 is 81.2 Å². The van der Waals surface area contributed by atoms with Gasteiger partial charge in [0.1, 0.15) is 46.0 Å². The van der Waals surface area contributed by atoms with E-state index in [1.165, 1.54) is 93.6 Å². The molecule has 4 aliphatic rings. The number of fused-ring (bicyclic) bond motifs is 12. The Bertz CT molecular complexity index is 5400. The number of phenolic OH excluding ortho intramolecular Hbond substituents is 4. The second-order valence-electron chi connectivity index (χ2n) is 24.6. The van der Waals surface area contributed by atoms with Crippen molar-refractivity contribution in [3.8, 4) is 73.6 Å². The average Bonchev–Trinajstić information content (AvgIpc) is 1.51. The van der Waals surface area contributed by atoms with E-state index in [2.05, 4.69) is 69.3 Å². The highest BCUT2D eigenvalue weighted by Gasteiger charge is 2.55. The first-order valence-corrected chi connectivity index (χ1v) is 40.9. The standard InChI is InChI=1S/C49H39N9O8S3.C27H27N3O6S.CH3F.CH4.S4/c59-32-13-16-36-39(25-32)65-40-26-33(60)14-17-37(40)49(36)35-15-12-31(24-34(35)45(63)66-49)53-46(67)51-19-5-22-64-21-4-18-50-43(61)30-10-8-28(9-11-30)38-27-69-48(54-38)58-44(62)42(55-56-47-52-20-23-68-47)41(57-58)29-6-2-1-3-7-29;28-9-1-11-34-12-2-10-29-26(37)30-16-3-6-20-19(13-16)25(33)36-27(20)21-7-4-17(31)14-23(21)35-24-15-18(32)5-8-22(24)27;1-2;;1-3-4-2/h1-3,6-17,20,23-27,57,59-60H,4-5,18-19,21-22H2,(H,50,61)(H2,51,53,67);3-8,13-15,31-32H,1-2,9-12,28H2,(H2,29,30,37);1H3;1H4;/i;;1D;;. The van der Waals surface area contributed by atoms with Gasteiger partial charge in [0, 0.05) is 189 Å². The molecule has 0 unspecified atom stereocenters. The number of alkyl halides is 1. The lowest BCUT2D eigenvalue weighted by Crippen LogP contribution is -2.33. The summed E-state index contributed by atoms with van der Waals surface area (Å²) >= 11 is 22.2. The van der Waals surface area contributed by atoms with Crippen molar-refractivity contribution in [2.24, 2.45) is 16.0 Å². The third kappa shape index (κ3) is 18.7. The van der Waals surface area contributed by atoms with Crippen molar-refractivity contribution in [3.63, 3.8) is 0 Å². The lowest BCUT2D eigenvalue weighted by molar-refractivity contribution is 0.0214. The molecule has 7 heterocycles. The number of H-pyrrole nitrogens is 1. The van der Waals surface area contributed by atoms with Crippen LogP contribution in [0.4, 0.5) is 26.6 Å². The number of thiocarbonyl (C=S) groups is 2. The smallest absolute Gasteiger partial charge is 0.340 e. The maximum absolute atomic E-state index is 13.6. The molecule has 1 amide bonds. The number of halogens is 1. The number of ether oxygens (including phenoxy) is 6. The number of anilines is 2. The molecule has 15 rings (SSSR count). The number of nitrogens with zero attached hydrogens (tertiary/aromatic N) is 5. The third-order valence-corrected chi connectivity index (χ3v) is 21.7. The number of aromatic amines is 1. The van der Waals surface area contributed by atoms with Crippen molar-refractivity contribution in [2.45, 2.75) is 44.3 Å². The van der Waals surface area contributed by atoms with E-state index in [1.807, 2.05) is 60.0 Å². The molecule has 113 heavy (non-hydrogen) atoms. The van der Waals surface area contributed by atoms with E-state index in [-0.39, 0.29) is 42.0 Å². The molecule has 4 aliphatic heterocycles. The van der Waals surface area contributed by atoms with Crippen molar-refractivity contribution in [2.75, 3.05) is 70.4 Å². The molecule has 584 valence electrons. The molecular formula is C78H73FN12O14S8. The van der Waals surface area contributed by atoms with Gasteiger partial charge in [-0.15, -0.1) is 32.9 Å². The zero-order valence-electron chi connectivity index (χ0n) is 59.8. The van der Waals surface area contributed by atoms with Gasteiger partial charge in [0.15, 0.2) is 27.1 Å². The predicted octanol–water partition coefficient (Wildman–Crippen LogP) is 14.2. The van der Waals surface area contributed by atoms with Crippen LogP contribution in [0.5, 0.6) is 46.0 Å². The molecule has 0 saturated heterocycles. The zero-order valence-corrected chi connectivity index (χ0v) is 65.4. The molecule has 12 N–H and O–H groups in total. The molecule has 0 bridgehead atoms. The average molecular weight is 1680 g/mol. The SMILES string of the molecule is C.NCCCOCCCNC(=S)Nc1ccc2c(c1)C(=O)OC21c2ccc(O)cc2Oc2cc(O)ccc21.O=C(NCCCOCCCNC(=S)Nc1ccc2c(c1)C(=O)OC21c2ccc(O)cc2Oc2cc(O)ccc21)c1ccc(-c2csc(-n3[nH]c(-c4ccccc4)c(N=Nc4nccs4)c3=O)n2)cc1.S=S=S=S.[2H]CF. The molecule has 8 aromatic carbocycles. The summed E-state index contributed by atoms with van der Waals surface area (Å²) < 4.78 is 52.3. The lowest BCUT2D eigenvalue weighted by Gasteiger charge is -2.36. The van der Waals surface area contributed by atoms with Crippen LogP contribution in [0, 0.1) is 0 Å². The Balaban J connectivity index is 0.000000239. The second-order valence-corrected chi connectivity index (χ2v) is 30.7. The fourth-order valence-electron chi connectivity index (χ4n) is 12.6. The van der Waals surface area contributed by atoms with E-state index in [4.69, 9.17) is 64.9 Å². The summed E-state index contributed by atoms with van der Waals surface area (Å²) in [6.07, 6.45) is 4.54. The molecule has 26 nitrogen and oxygen atoms in total. The molecule has 2 spiro atoms. The zero-order chi connectivity index (χ0) is 79.6. The van der Waals surface area contributed by atoms with Crippen LogP contribution in [0.3, 0.4) is 0 Å². The number of esters is 2. The van der Waals surface area contributed by atoms with Gasteiger partial charge in [0.05, 0.1) is 31.0 Å². The number of hydrogen-bond donors (Lipinski definition) is 11. The molecular weight excluding hydrogens is 1600 g/mol. The van der Waals surface area contributed by atoms with Gasteiger partial charge in [-0.1, -0.05) is 62.0 Å². The Hall–Kier alpha value is -11.1. The molecule has 0 radical (unpaired) electrons. The fraction of sp³-hybridized carbons (Fsp3) is 0.205. The molecule has 0 aliphatic carbocycles. The largest absolute Gasteiger partial charge is 0.508 e. The van der Waals surface area contributed by atoms with Crippen LogP contribution >= 0.6 is 47.1 Å². The number of amides is 1. The van der Waals surface area contributed by atoms with Crippen LogP contribution in [0.2, 0.25) is 0 Å². The Kier molecular flexibility index (Phi) is 27.7. The van der Waals surface area contributed by atoms with Crippen molar-refractivity contribution >= 4 is 138 Å². The highest BCUT2D eigenvalue weighted by Crippen LogP contribution is 2.59. The van der Waals surface area contributed by atoms with E-state index in [9.17, 15) is 44.0 Å². The van der Waals surface area contributed by atoms with Crippen LogP contribution in [0.1, 0.15) is 98.9 Å². The maximum Gasteiger partial charge on any atom is 0.340 e. The number of phenols is 4. The Morgan fingerprint density at radius 2 is 1.08 bits per heavy atom. The number of rotatable bonds is 23. The number of carbonyl (C=O) groups is 3. The summed E-state index contributed by atoms with van der Waals surface area (Å²) in [6, 6.07) is 45.6. The minimum absolute atomic E-state index is 0.